The Morgan fingerprint density at radius 1 is 1.07 bits per heavy atom. The number of carbonyl (C=O) groups excluding carboxylic acids is 1. The molecule has 0 unspecified atom stereocenters. The van der Waals surface area contributed by atoms with E-state index < -0.39 is 17.9 Å². The number of halogens is 3. The topological polar surface area (TPSA) is 117 Å². The normalized spacial score (nSPS) is 15.4. The van der Waals surface area contributed by atoms with Gasteiger partial charge >= 0.3 is 5.97 Å². The summed E-state index contributed by atoms with van der Waals surface area (Å²) in [4.78, 5) is 48.3. The van der Waals surface area contributed by atoms with Crippen LogP contribution in [0.1, 0.15) is 57.8 Å². The van der Waals surface area contributed by atoms with Crippen molar-refractivity contribution in [1.29, 1.82) is 0 Å². The van der Waals surface area contributed by atoms with Crippen LogP contribution in [0.4, 0.5) is 14.5 Å². The zero-order valence-corrected chi connectivity index (χ0v) is 23.9. The second-order valence-electron chi connectivity index (χ2n) is 10.5. The van der Waals surface area contributed by atoms with E-state index in [9.17, 15) is 28.3 Å². The van der Waals surface area contributed by atoms with Gasteiger partial charge in [0.2, 0.25) is 0 Å². The van der Waals surface area contributed by atoms with Crippen molar-refractivity contribution in [3.63, 3.8) is 0 Å². The number of nitrogens with zero attached hydrogens (tertiary/aromatic N) is 4. The van der Waals surface area contributed by atoms with Gasteiger partial charge in [-0.3, -0.25) is 14.2 Å². The molecule has 0 bridgehead atoms. The van der Waals surface area contributed by atoms with E-state index in [1.807, 2.05) is 19.9 Å². The van der Waals surface area contributed by atoms with Gasteiger partial charge in [-0.25, -0.2) is 23.5 Å². The van der Waals surface area contributed by atoms with Gasteiger partial charge in [-0.2, -0.15) is 0 Å². The number of anilines is 1. The van der Waals surface area contributed by atoms with Crippen LogP contribution in [0, 0.1) is 6.92 Å². The monoisotopic (exact) mass is 595 g/mol. The number of pyridine rings is 1. The highest BCUT2D eigenvalue weighted by molar-refractivity contribution is 6.29. The molecule has 1 saturated heterocycles. The van der Waals surface area contributed by atoms with Crippen molar-refractivity contribution in [2.45, 2.75) is 38.7 Å². The summed E-state index contributed by atoms with van der Waals surface area (Å²) < 4.78 is 28.5. The van der Waals surface area contributed by atoms with Crippen LogP contribution >= 0.6 is 11.6 Å². The number of hydrogen-bond donors (Lipinski definition) is 2. The Morgan fingerprint density at radius 2 is 1.74 bits per heavy atom. The minimum atomic E-state index is -2.75. The predicted octanol–water partition coefficient (Wildman–Crippen LogP) is 5.70. The van der Waals surface area contributed by atoms with Crippen LogP contribution in [-0.4, -0.2) is 55.4 Å². The Balaban J connectivity index is 1.51. The van der Waals surface area contributed by atoms with E-state index in [4.69, 9.17) is 16.6 Å². The van der Waals surface area contributed by atoms with Gasteiger partial charge in [-0.05, 0) is 49.7 Å². The van der Waals surface area contributed by atoms with Crippen molar-refractivity contribution < 1.29 is 23.5 Å². The fourth-order valence-electron chi connectivity index (χ4n) is 5.15. The average Bonchev–Trinajstić information content (AvgIpc) is 2.95. The molecule has 3 heterocycles. The Hall–Kier alpha value is -4.38. The molecule has 2 aromatic heterocycles. The maximum Gasteiger partial charge on any atom is 0.356 e. The maximum atomic E-state index is 13.5. The molecule has 4 aromatic rings. The number of fused-ring (bicyclic) bond motifs is 1. The molecule has 1 amide bonds. The van der Waals surface area contributed by atoms with Gasteiger partial charge in [0.1, 0.15) is 11.0 Å². The SMILES string of the molecule is Cc1cc([C@@H](C)Nc2ccc(Cl)nc2C(=O)O)c2nc(-c3ccc(C(=O)N4CCC(F)(F)CC4)cc3)n(C)c(=O)c2c1. The van der Waals surface area contributed by atoms with Crippen LogP contribution in [0.25, 0.3) is 22.3 Å². The molecule has 0 radical (unpaired) electrons. The molecule has 1 atom stereocenters. The van der Waals surface area contributed by atoms with E-state index in [1.165, 1.54) is 21.6 Å². The smallest absolute Gasteiger partial charge is 0.356 e. The lowest BCUT2D eigenvalue weighted by molar-refractivity contribution is -0.0494. The first-order valence-corrected chi connectivity index (χ1v) is 13.7. The molecule has 1 aliphatic heterocycles. The minimum Gasteiger partial charge on any atom is -0.476 e. The van der Waals surface area contributed by atoms with E-state index in [-0.39, 0.29) is 53.9 Å². The molecular formula is C30H28ClF2N5O4. The highest BCUT2D eigenvalue weighted by atomic mass is 35.5. The fourth-order valence-corrected chi connectivity index (χ4v) is 5.30. The van der Waals surface area contributed by atoms with E-state index >= 15 is 0 Å². The molecule has 0 aliphatic carbocycles. The minimum absolute atomic E-state index is 0.0111. The number of likely N-dealkylation sites (tertiary alicyclic amines) is 1. The Labute approximate surface area is 244 Å². The number of carboxylic acid groups (broad SMARTS) is 1. The van der Waals surface area contributed by atoms with Gasteiger partial charge < -0.3 is 15.3 Å². The second-order valence-corrected chi connectivity index (χ2v) is 10.9. The summed E-state index contributed by atoms with van der Waals surface area (Å²) in [5.41, 5.74) is 2.62. The number of nitrogens with one attached hydrogen (secondary N) is 1. The number of benzene rings is 2. The van der Waals surface area contributed by atoms with Crippen LogP contribution in [0.3, 0.4) is 0 Å². The van der Waals surface area contributed by atoms with Crippen molar-refractivity contribution in [3.8, 4) is 11.4 Å². The van der Waals surface area contributed by atoms with Gasteiger partial charge in [-0.15, -0.1) is 0 Å². The lowest BCUT2D eigenvalue weighted by Crippen LogP contribution is -2.42. The summed E-state index contributed by atoms with van der Waals surface area (Å²) in [5, 5.41) is 13.2. The first kappa shape index (κ1) is 29.1. The number of carbonyl (C=O) groups is 2. The van der Waals surface area contributed by atoms with Gasteiger partial charge in [0.15, 0.2) is 5.69 Å². The number of amides is 1. The van der Waals surface area contributed by atoms with Crippen molar-refractivity contribution in [2.75, 3.05) is 18.4 Å². The molecule has 42 heavy (non-hydrogen) atoms. The van der Waals surface area contributed by atoms with E-state index in [0.717, 1.165) is 5.56 Å². The summed E-state index contributed by atoms with van der Waals surface area (Å²) in [7, 11) is 1.61. The number of aromatic carboxylic acids is 1. The Kier molecular flexibility index (Phi) is 7.72. The molecule has 5 rings (SSSR count). The van der Waals surface area contributed by atoms with Gasteiger partial charge in [-0.1, -0.05) is 29.8 Å². The molecule has 2 N–H and O–H groups in total. The van der Waals surface area contributed by atoms with E-state index in [0.29, 0.717) is 33.4 Å². The third kappa shape index (κ3) is 5.69. The number of alkyl halides is 2. The van der Waals surface area contributed by atoms with Crippen LogP contribution in [0.2, 0.25) is 5.15 Å². The highest BCUT2D eigenvalue weighted by Gasteiger charge is 2.35. The van der Waals surface area contributed by atoms with Crippen LogP contribution in [0.5, 0.6) is 0 Å². The fraction of sp³-hybridized carbons (Fsp3) is 0.300. The number of aryl methyl sites for hydroxylation is 1. The average molecular weight is 596 g/mol. The summed E-state index contributed by atoms with van der Waals surface area (Å²) in [6.45, 7) is 3.66. The number of hydrogen-bond acceptors (Lipinski definition) is 6. The van der Waals surface area contributed by atoms with Crippen LogP contribution in [-0.2, 0) is 7.05 Å². The zero-order valence-electron chi connectivity index (χ0n) is 23.1. The molecule has 12 heteroatoms. The Morgan fingerprint density at radius 3 is 2.38 bits per heavy atom. The van der Waals surface area contributed by atoms with Crippen molar-refractivity contribution in [3.05, 3.63) is 86.4 Å². The van der Waals surface area contributed by atoms with Crippen LogP contribution in [0.15, 0.2) is 53.3 Å². The molecule has 0 saturated carbocycles. The standard InChI is InChI=1S/C30H28ClF2N5O4/c1-16-14-20(17(2)34-22-8-9-23(31)35-25(22)29(41)42)24-21(15-16)28(40)37(3)26(36-24)18-4-6-19(7-5-18)27(39)38-12-10-30(32,33)11-13-38/h4-9,14-15,17,34H,10-13H2,1-3H3,(H,41,42)/t17-/m1/s1. The molecule has 1 aliphatic rings. The Bertz CT molecular complexity index is 1760. The molecule has 0 spiro atoms. The number of aromatic nitrogens is 3. The van der Waals surface area contributed by atoms with Gasteiger partial charge in [0.25, 0.3) is 17.4 Å². The summed E-state index contributed by atoms with van der Waals surface area (Å²) >= 11 is 5.90. The first-order chi connectivity index (χ1) is 19.8. The summed E-state index contributed by atoms with van der Waals surface area (Å²) in [6, 6.07) is 12.7. The predicted molar refractivity (Wildman–Crippen MR) is 155 cm³/mol. The number of piperidine rings is 1. The lowest BCUT2D eigenvalue weighted by Gasteiger charge is -2.31. The van der Waals surface area contributed by atoms with Gasteiger partial charge in [0, 0.05) is 49.7 Å². The quantitative estimate of drug-likeness (QED) is 0.275. The summed E-state index contributed by atoms with van der Waals surface area (Å²) in [5.74, 6) is -3.95. The second kappa shape index (κ2) is 11.1. The first-order valence-electron chi connectivity index (χ1n) is 13.3. The molecular weight excluding hydrogens is 568 g/mol. The van der Waals surface area contributed by atoms with Crippen molar-refractivity contribution in [1.82, 2.24) is 19.4 Å². The maximum absolute atomic E-state index is 13.5. The van der Waals surface area contributed by atoms with Crippen LogP contribution < -0.4 is 10.9 Å². The highest BCUT2D eigenvalue weighted by Crippen LogP contribution is 2.31. The number of carboxylic acids is 1. The summed E-state index contributed by atoms with van der Waals surface area (Å²) in [6.07, 6.45) is -0.720. The third-order valence-electron chi connectivity index (χ3n) is 7.43. The lowest BCUT2D eigenvalue weighted by atomic mass is 10.0. The third-order valence-corrected chi connectivity index (χ3v) is 7.64. The molecule has 1 fully saturated rings. The van der Waals surface area contributed by atoms with Crippen molar-refractivity contribution in [2.24, 2.45) is 7.05 Å². The van der Waals surface area contributed by atoms with E-state index in [2.05, 4.69) is 10.3 Å². The zero-order chi connectivity index (χ0) is 30.3. The van der Waals surface area contributed by atoms with E-state index in [1.54, 1.807) is 37.4 Å². The largest absolute Gasteiger partial charge is 0.476 e. The molecule has 218 valence electrons. The molecule has 9 nitrogen and oxygen atoms in total. The van der Waals surface area contributed by atoms with Gasteiger partial charge in [0.05, 0.1) is 22.6 Å². The van der Waals surface area contributed by atoms with Crippen molar-refractivity contribution >= 4 is 40.1 Å². The number of rotatable bonds is 6. The molecule has 2 aromatic carbocycles.